The molecule has 0 bridgehead atoms. The molecule has 0 amide bonds. The van der Waals surface area contributed by atoms with Crippen LogP contribution in [0.3, 0.4) is 0 Å². The van der Waals surface area contributed by atoms with Crippen LogP contribution in [0.5, 0.6) is 0 Å². The molecule has 0 N–H and O–H groups in total. The fourth-order valence-electron chi connectivity index (χ4n) is 0. The minimum absolute atomic E-state index is 0.0185. The maximum absolute atomic E-state index is 10.0. The molecule has 0 aliphatic rings. The second-order valence-corrected chi connectivity index (χ2v) is 1.67. The molecule has 1 atom stereocenters. The van der Waals surface area contributed by atoms with E-state index < -0.39 is 0 Å². The van der Waals surface area contributed by atoms with Crippen LogP contribution in [0.2, 0.25) is 0 Å². The SMILES string of the molecule is C=C(C)C(=O)P. The highest BCUT2D eigenvalue weighted by molar-refractivity contribution is 7.41. The van der Waals surface area contributed by atoms with Crippen LogP contribution in [0, 0.1) is 0 Å². The van der Waals surface area contributed by atoms with Crippen LogP contribution in [-0.2, 0) is 4.79 Å². The summed E-state index contributed by atoms with van der Waals surface area (Å²) in [6.07, 6.45) is 0. The van der Waals surface area contributed by atoms with Gasteiger partial charge in [0.05, 0.1) is 0 Å². The number of hydrogen-bond acceptors (Lipinski definition) is 1. The molecule has 0 spiro atoms. The van der Waals surface area contributed by atoms with E-state index in [9.17, 15) is 4.79 Å². The smallest absolute Gasteiger partial charge is 0.173 e. The predicted molar refractivity (Wildman–Crippen MR) is 29.5 cm³/mol. The van der Waals surface area contributed by atoms with Crippen molar-refractivity contribution in [3.63, 3.8) is 0 Å². The summed E-state index contributed by atoms with van der Waals surface area (Å²) in [5.41, 5.74) is 0.565. The summed E-state index contributed by atoms with van der Waals surface area (Å²) < 4.78 is 0. The van der Waals surface area contributed by atoms with E-state index >= 15 is 0 Å². The summed E-state index contributed by atoms with van der Waals surface area (Å²) in [6, 6.07) is 0. The van der Waals surface area contributed by atoms with Crippen LogP contribution in [0.4, 0.5) is 0 Å². The predicted octanol–water partition coefficient (Wildman–Crippen LogP) is 0.964. The lowest BCUT2D eigenvalue weighted by Gasteiger charge is -1.80. The molecule has 0 rings (SSSR count). The summed E-state index contributed by atoms with van der Waals surface area (Å²) in [7, 11) is 2.03. The van der Waals surface area contributed by atoms with Crippen LogP contribution < -0.4 is 0 Å². The van der Waals surface area contributed by atoms with Gasteiger partial charge in [-0.25, -0.2) is 0 Å². The Hall–Kier alpha value is -0.160. The Morgan fingerprint density at radius 2 is 2.00 bits per heavy atom. The van der Waals surface area contributed by atoms with Gasteiger partial charge in [0.2, 0.25) is 0 Å². The fraction of sp³-hybridized carbons (Fsp3) is 0.250. The molecule has 0 saturated heterocycles. The second-order valence-electron chi connectivity index (χ2n) is 1.14. The summed E-state index contributed by atoms with van der Waals surface area (Å²) >= 11 is 0. The van der Waals surface area contributed by atoms with Gasteiger partial charge in [0.1, 0.15) is 0 Å². The Labute approximate surface area is 39.6 Å². The standard InChI is InChI=1S/C4H7OP/c1-3(2)4(5)6/h1,6H2,2H3. The maximum atomic E-state index is 10.0. The van der Waals surface area contributed by atoms with E-state index in [1.807, 2.05) is 9.24 Å². The normalized spacial score (nSPS) is 7.67. The maximum Gasteiger partial charge on any atom is 0.173 e. The van der Waals surface area contributed by atoms with Gasteiger partial charge in [-0.1, -0.05) is 15.8 Å². The molecule has 0 saturated carbocycles. The van der Waals surface area contributed by atoms with E-state index in [1.165, 1.54) is 0 Å². The molecule has 0 aromatic rings. The van der Waals surface area contributed by atoms with E-state index in [-0.39, 0.29) is 5.52 Å². The third-order valence-corrected chi connectivity index (χ3v) is 0.913. The van der Waals surface area contributed by atoms with Gasteiger partial charge in [-0.2, -0.15) is 0 Å². The molecule has 0 heterocycles. The molecule has 34 valence electrons. The van der Waals surface area contributed by atoms with Crippen molar-refractivity contribution in [1.82, 2.24) is 0 Å². The lowest BCUT2D eigenvalue weighted by Crippen LogP contribution is -1.80. The first kappa shape index (κ1) is 5.84. The van der Waals surface area contributed by atoms with Gasteiger partial charge >= 0.3 is 0 Å². The lowest BCUT2D eigenvalue weighted by molar-refractivity contribution is -0.107. The first-order chi connectivity index (χ1) is 2.64. The van der Waals surface area contributed by atoms with Gasteiger partial charge < -0.3 is 0 Å². The first-order valence-corrected chi connectivity index (χ1v) is 2.17. The molecule has 1 nitrogen and oxygen atoms in total. The molecule has 1 unspecified atom stereocenters. The van der Waals surface area contributed by atoms with Crippen LogP contribution in [0.25, 0.3) is 0 Å². The van der Waals surface area contributed by atoms with Gasteiger partial charge in [0, 0.05) is 0 Å². The Balaban J connectivity index is 3.57. The molecule has 0 aliphatic carbocycles. The van der Waals surface area contributed by atoms with Gasteiger partial charge in [0.15, 0.2) is 5.52 Å². The highest BCUT2D eigenvalue weighted by Gasteiger charge is 1.86. The molecule has 0 aromatic carbocycles. The largest absolute Gasteiger partial charge is 0.290 e. The Bertz CT molecular complexity index is 73.5. The molecule has 0 fully saturated rings. The molecule has 0 aromatic heterocycles. The Morgan fingerprint density at radius 3 is 2.00 bits per heavy atom. The highest BCUT2D eigenvalue weighted by atomic mass is 31.0. The second kappa shape index (κ2) is 2.09. The van der Waals surface area contributed by atoms with E-state index in [0.717, 1.165) is 0 Å². The first-order valence-electron chi connectivity index (χ1n) is 1.60. The quantitative estimate of drug-likeness (QED) is 0.356. The van der Waals surface area contributed by atoms with Crippen molar-refractivity contribution < 1.29 is 4.79 Å². The average molecular weight is 102 g/mol. The number of carbonyl (C=O) groups is 1. The Kier molecular flexibility index (Phi) is 2.04. The van der Waals surface area contributed by atoms with Crippen molar-refractivity contribution in [2.45, 2.75) is 6.92 Å². The number of rotatable bonds is 1. The molecule has 0 radical (unpaired) electrons. The van der Waals surface area contributed by atoms with Crippen molar-refractivity contribution >= 4 is 14.8 Å². The summed E-state index contributed by atoms with van der Waals surface area (Å²) in [5, 5.41) is 0. The number of allylic oxidation sites excluding steroid dienone is 1. The average Bonchev–Trinajstić information content (AvgIpc) is 1.36. The summed E-state index contributed by atoms with van der Waals surface area (Å²) in [6.45, 7) is 5.06. The summed E-state index contributed by atoms with van der Waals surface area (Å²) in [5.74, 6) is 0. The van der Waals surface area contributed by atoms with Crippen molar-refractivity contribution in [2.24, 2.45) is 0 Å². The van der Waals surface area contributed by atoms with E-state index in [1.54, 1.807) is 6.92 Å². The van der Waals surface area contributed by atoms with Crippen LogP contribution in [-0.4, -0.2) is 5.52 Å². The lowest BCUT2D eigenvalue weighted by atomic mass is 10.4. The van der Waals surface area contributed by atoms with Gasteiger partial charge in [-0.05, 0) is 12.5 Å². The molecular weight excluding hydrogens is 95.0 g/mol. The van der Waals surface area contributed by atoms with Crippen molar-refractivity contribution in [3.05, 3.63) is 12.2 Å². The van der Waals surface area contributed by atoms with E-state index in [4.69, 9.17) is 0 Å². The molecule has 0 aliphatic heterocycles. The van der Waals surface area contributed by atoms with Crippen molar-refractivity contribution in [1.29, 1.82) is 0 Å². The van der Waals surface area contributed by atoms with Gasteiger partial charge in [0.25, 0.3) is 0 Å². The molecule has 6 heavy (non-hydrogen) atoms. The van der Waals surface area contributed by atoms with Gasteiger partial charge in [-0.15, -0.1) is 0 Å². The molecular formula is C4H7OP. The zero-order valence-corrected chi connectivity index (χ0v) is 4.85. The molecule has 2 heteroatoms. The topological polar surface area (TPSA) is 17.1 Å². The highest BCUT2D eigenvalue weighted by Crippen LogP contribution is 1.94. The zero-order valence-electron chi connectivity index (χ0n) is 3.69. The monoisotopic (exact) mass is 102 g/mol. The summed E-state index contributed by atoms with van der Waals surface area (Å²) in [4.78, 5) is 10.0. The van der Waals surface area contributed by atoms with E-state index in [0.29, 0.717) is 5.57 Å². The van der Waals surface area contributed by atoms with E-state index in [2.05, 4.69) is 6.58 Å². The zero-order chi connectivity index (χ0) is 5.15. The minimum Gasteiger partial charge on any atom is -0.290 e. The minimum atomic E-state index is -0.0185. The van der Waals surface area contributed by atoms with Crippen molar-refractivity contribution in [2.75, 3.05) is 0 Å². The van der Waals surface area contributed by atoms with Crippen LogP contribution in [0.1, 0.15) is 6.92 Å². The fourth-order valence-corrected chi connectivity index (χ4v) is 0. The van der Waals surface area contributed by atoms with Gasteiger partial charge in [-0.3, -0.25) is 4.79 Å². The Morgan fingerprint density at radius 1 is 1.83 bits per heavy atom. The van der Waals surface area contributed by atoms with Crippen LogP contribution in [0.15, 0.2) is 12.2 Å². The third-order valence-electron chi connectivity index (χ3n) is 0.421. The van der Waals surface area contributed by atoms with Crippen molar-refractivity contribution in [3.8, 4) is 0 Å². The number of carbonyl (C=O) groups excluding carboxylic acids is 1. The number of hydrogen-bond donors (Lipinski definition) is 0. The van der Waals surface area contributed by atoms with Crippen LogP contribution >= 0.6 is 9.24 Å². The third kappa shape index (κ3) is 2.10.